The van der Waals surface area contributed by atoms with Crippen molar-refractivity contribution in [2.75, 3.05) is 0 Å². The predicted molar refractivity (Wildman–Crippen MR) is 82.7 cm³/mol. The summed E-state index contributed by atoms with van der Waals surface area (Å²) in [6.45, 7) is 3.14. The lowest BCUT2D eigenvalue weighted by atomic mass is 9.96. The first-order valence-corrected chi connectivity index (χ1v) is 6.91. The van der Waals surface area contributed by atoms with Crippen LogP contribution in [0.3, 0.4) is 0 Å². The van der Waals surface area contributed by atoms with Gasteiger partial charge in [-0.15, -0.1) is 0 Å². The summed E-state index contributed by atoms with van der Waals surface area (Å²) in [4.78, 5) is 22.7. The van der Waals surface area contributed by atoms with Crippen LogP contribution in [0.4, 0.5) is 22.0 Å². The number of hydrogen-bond donors (Lipinski definition) is 1. The maximum atomic E-state index is 13.8. The maximum absolute atomic E-state index is 13.8. The Kier molecular flexibility index (Phi) is 5.35. The van der Waals surface area contributed by atoms with Gasteiger partial charge in [-0.05, 0) is 11.6 Å². The van der Waals surface area contributed by atoms with Gasteiger partial charge in [0.1, 0.15) is 0 Å². The van der Waals surface area contributed by atoms with Gasteiger partial charge in [0.2, 0.25) is 5.82 Å². The van der Waals surface area contributed by atoms with Gasteiger partial charge in [0, 0.05) is 17.2 Å². The zero-order valence-corrected chi connectivity index (χ0v) is 12.8. The minimum Gasteiger partial charge on any atom is -0.478 e. The third-order valence-corrected chi connectivity index (χ3v) is 3.38. The number of hydrogen-bond acceptors (Lipinski definition) is 2. The number of ketones is 1. The first-order chi connectivity index (χ1) is 12.1. The molecule has 0 heterocycles. The van der Waals surface area contributed by atoms with Crippen LogP contribution in [0, 0.1) is 29.1 Å². The number of benzene rings is 2. The molecule has 2 aromatic rings. The molecule has 2 rings (SSSR count). The molecule has 0 unspecified atom stereocenters. The molecule has 0 amide bonds. The molecule has 26 heavy (non-hydrogen) atoms. The van der Waals surface area contributed by atoms with Crippen LogP contribution in [0.5, 0.6) is 0 Å². The fourth-order valence-electron chi connectivity index (χ4n) is 2.07. The summed E-state index contributed by atoms with van der Waals surface area (Å²) in [5.74, 6) is -13.2. The van der Waals surface area contributed by atoms with Crippen LogP contribution in [-0.4, -0.2) is 16.9 Å². The molecule has 2 aromatic carbocycles. The number of carboxylic acid groups (broad SMARTS) is 1. The van der Waals surface area contributed by atoms with Crippen LogP contribution in [0.15, 0.2) is 36.9 Å². The molecule has 0 radical (unpaired) electrons. The van der Waals surface area contributed by atoms with Crippen LogP contribution in [0.25, 0.3) is 11.6 Å². The van der Waals surface area contributed by atoms with Gasteiger partial charge in [-0.3, -0.25) is 4.79 Å². The van der Waals surface area contributed by atoms with Crippen molar-refractivity contribution in [2.24, 2.45) is 0 Å². The highest BCUT2D eigenvalue weighted by Gasteiger charge is 2.29. The molecule has 0 fully saturated rings. The van der Waals surface area contributed by atoms with E-state index in [0.29, 0.717) is 5.56 Å². The van der Waals surface area contributed by atoms with Gasteiger partial charge in [0.25, 0.3) is 0 Å². The van der Waals surface area contributed by atoms with Gasteiger partial charge >= 0.3 is 5.97 Å². The van der Waals surface area contributed by atoms with Gasteiger partial charge in [0.05, 0.1) is 5.56 Å². The molecular weight excluding hydrogens is 359 g/mol. The zero-order chi connectivity index (χ0) is 19.6. The molecular formula is C18H9F5O3. The summed E-state index contributed by atoms with van der Waals surface area (Å²) in [5, 5.41) is 8.52. The van der Waals surface area contributed by atoms with Gasteiger partial charge in [-0.1, -0.05) is 30.8 Å². The van der Waals surface area contributed by atoms with Crippen molar-refractivity contribution < 1.29 is 36.6 Å². The largest absolute Gasteiger partial charge is 0.478 e. The second-order valence-electron chi connectivity index (χ2n) is 5.05. The van der Waals surface area contributed by atoms with E-state index in [9.17, 15) is 31.5 Å². The van der Waals surface area contributed by atoms with Crippen molar-refractivity contribution in [3.05, 3.63) is 82.7 Å². The van der Waals surface area contributed by atoms with Gasteiger partial charge in [0.15, 0.2) is 29.1 Å². The number of Topliss-reactive ketones (excluding diaryl/α,β-unsaturated/α-hetero) is 1. The van der Waals surface area contributed by atoms with E-state index in [2.05, 4.69) is 6.58 Å². The molecule has 0 aliphatic heterocycles. The Morgan fingerprint density at radius 2 is 1.31 bits per heavy atom. The molecule has 0 atom stereocenters. The van der Waals surface area contributed by atoms with E-state index in [4.69, 9.17) is 5.11 Å². The highest BCUT2D eigenvalue weighted by molar-refractivity contribution is 6.28. The van der Waals surface area contributed by atoms with Crippen molar-refractivity contribution in [3.63, 3.8) is 0 Å². The highest BCUT2D eigenvalue weighted by atomic mass is 19.2. The normalized spacial score (nSPS) is 11.0. The topological polar surface area (TPSA) is 54.4 Å². The molecule has 3 nitrogen and oxygen atoms in total. The Labute approximate surface area is 143 Å². The van der Waals surface area contributed by atoms with Crippen molar-refractivity contribution in [2.45, 2.75) is 0 Å². The Balaban J connectivity index is 2.40. The fraction of sp³-hybridized carbons (Fsp3) is 0. The quantitative estimate of drug-likeness (QED) is 0.280. The first kappa shape index (κ1) is 19.0. The fourth-order valence-corrected chi connectivity index (χ4v) is 2.07. The SMILES string of the molecule is C=C(C(=O)c1ccc(/C=C/C(=O)O)cc1)c1c(F)c(F)c(F)c(F)c1F. The summed E-state index contributed by atoms with van der Waals surface area (Å²) in [7, 11) is 0. The van der Waals surface area contributed by atoms with Crippen molar-refractivity contribution in [1.82, 2.24) is 0 Å². The van der Waals surface area contributed by atoms with E-state index >= 15 is 0 Å². The zero-order valence-electron chi connectivity index (χ0n) is 12.8. The van der Waals surface area contributed by atoms with Crippen molar-refractivity contribution in [1.29, 1.82) is 0 Å². The number of carboxylic acids is 1. The summed E-state index contributed by atoms with van der Waals surface area (Å²) < 4.78 is 67.1. The summed E-state index contributed by atoms with van der Waals surface area (Å²) >= 11 is 0. The number of halogens is 5. The molecule has 134 valence electrons. The second-order valence-corrected chi connectivity index (χ2v) is 5.05. The summed E-state index contributed by atoms with van der Waals surface area (Å²) in [5.41, 5.74) is -2.04. The molecule has 0 spiro atoms. The van der Waals surface area contributed by atoms with Crippen LogP contribution in [0.2, 0.25) is 0 Å². The molecule has 8 heteroatoms. The third-order valence-electron chi connectivity index (χ3n) is 3.38. The lowest BCUT2D eigenvalue weighted by molar-refractivity contribution is -0.131. The van der Waals surface area contributed by atoms with E-state index in [1.54, 1.807) is 0 Å². The minimum absolute atomic E-state index is 0.133. The predicted octanol–water partition coefficient (Wildman–Crippen LogP) is 4.38. The Morgan fingerprint density at radius 3 is 1.77 bits per heavy atom. The molecule has 0 aliphatic rings. The van der Waals surface area contributed by atoms with Crippen LogP contribution >= 0.6 is 0 Å². The number of rotatable bonds is 5. The Bertz CT molecular complexity index is 917. The highest BCUT2D eigenvalue weighted by Crippen LogP contribution is 2.29. The number of aliphatic carboxylic acids is 1. The van der Waals surface area contributed by atoms with E-state index in [0.717, 1.165) is 6.08 Å². The van der Waals surface area contributed by atoms with Gasteiger partial charge in [-0.2, -0.15) is 0 Å². The standard InChI is InChI=1S/C18H9F5O3/c1-8(12-13(19)15(21)17(23)16(22)14(12)20)18(26)10-5-2-9(3-6-10)4-7-11(24)25/h2-7H,1H2,(H,24,25)/b7-4+. The van der Waals surface area contributed by atoms with E-state index in [-0.39, 0.29) is 5.56 Å². The third kappa shape index (κ3) is 3.53. The molecule has 0 bridgehead atoms. The molecule has 0 saturated carbocycles. The van der Waals surface area contributed by atoms with Crippen molar-refractivity contribution in [3.8, 4) is 0 Å². The van der Waals surface area contributed by atoms with E-state index < -0.39 is 52.0 Å². The lowest BCUT2D eigenvalue weighted by Crippen LogP contribution is -2.11. The summed E-state index contributed by atoms with van der Waals surface area (Å²) in [6.07, 6.45) is 2.08. The average Bonchev–Trinajstić information content (AvgIpc) is 2.63. The smallest absolute Gasteiger partial charge is 0.328 e. The molecule has 0 saturated heterocycles. The average molecular weight is 368 g/mol. The number of allylic oxidation sites excluding steroid dienone is 1. The number of carbonyl (C=O) groups excluding carboxylic acids is 1. The van der Waals surface area contributed by atoms with Crippen LogP contribution in [-0.2, 0) is 4.79 Å². The molecule has 1 N–H and O–H groups in total. The van der Waals surface area contributed by atoms with E-state index in [1.165, 1.54) is 30.3 Å². The van der Waals surface area contributed by atoms with Crippen LogP contribution in [0.1, 0.15) is 21.5 Å². The first-order valence-electron chi connectivity index (χ1n) is 6.91. The van der Waals surface area contributed by atoms with Crippen LogP contribution < -0.4 is 0 Å². The van der Waals surface area contributed by atoms with Gasteiger partial charge in [-0.25, -0.2) is 26.7 Å². The summed E-state index contributed by atoms with van der Waals surface area (Å²) in [6, 6.07) is 5.05. The lowest BCUT2D eigenvalue weighted by Gasteiger charge is -2.10. The Morgan fingerprint density at radius 1 is 0.846 bits per heavy atom. The molecule has 0 aromatic heterocycles. The molecule has 0 aliphatic carbocycles. The monoisotopic (exact) mass is 368 g/mol. The number of carbonyl (C=O) groups is 2. The van der Waals surface area contributed by atoms with E-state index in [1.807, 2.05) is 0 Å². The second kappa shape index (κ2) is 7.30. The Hall–Kier alpha value is -3.29. The van der Waals surface area contributed by atoms with Crippen molar-refractivity contribution >= 4 is 23.4 Å². The van der Waals surface area contributed by atoms with Gasteiger partial charge < -0.3 is 5.11 Å². The maximum Gasteiger partial charge on any atom is 0.328 e. The minimum atomic E-state index is -2.33.